The van der Waals surface area contributed by atoms with E-state index in [9.17, 15) is 4.79 Å². The molecule has 0 bridgehead atoms. The van der Waals surface area contributed by atoms with E-state index in [2.05, 4.69) is 17.0 Å². The summed E-state index contributed by atoms with van der Waals surface area (Å²) in [5, 5.41) is 7.59. The Balaban J connectivity index is 2.30. The summed E-state index contributed by atoms with van der Waals surface area (Å²) in [4.78, 5) is 14.4. The van der Waals surface area contributed by atoms with Gasteiger partial charge < -0.3 is 10.2 Å². The Morgan fingerprint density at radius 2 is 2.33 bits per heavy atom. The molecule has 18 heavy (non-hydrogen) atoms. The second-order valence-corrected chi connectivity index (χ2v) is 4.71. The molecule has 0 radical (unpaired) electrons. The molecule has 1 N–H and O–H groups in total. The average molecular weight is 248 g/mol. The second-order valence-electron chi connectivity index (χ2n) is 4.71. The molecule has 1 aromatic rings. The number of amides is 1. The Hall–Kier alpha value is -1.62. The lowest BCUT2D eigenvalue weighted by Gasteiger charge is -2.38. The van der Waals surface area contributed by atoms with E-state index < -0.39 is 5.54 Å². The van der Waals surface area contributed by atoms with E-state index in [1.165, 1.54) is 0 Å². The predicted molar refractivity (Wildman–Crippen MR) is 70.1 cm³/mol. The maximum absolute atomic E-state index is 12.7. The summed E-state index contributed by atoms with van der Waals surface area (Å²) >= 11 is 0. The molecule has 1 fully saturated rings. The fraction of sp³-hybridized carbons (Fsp3) is 0.538. The third-order valence-corrected chi connectivity index (χ3v) is 3.52. The average Bonchev–Trinajstić information content (AvgIpc) is 2.93. The van der Waals surface area contributed by atoms with Crippen molar-refractivity contribution in [2.24, 2.45) is 0 Å². The third-order valence-electron chi connectivity index (χ3n) is 3.52. The van der Waals surface area contributed by atoms with Crippen molar-refractivity contribution in [2.45, 2.75) is 18.4 Å². The highest BCUT2D eigenvalue weighted by atomic mass is 16.2. The lowest BCUT2D eigenvalue weighted by molar-refractivity contribution is -0.141. The van der Waals surface area contributed by atoms with Crippen LogP contribution < -0.4 is 5.32 Å². The summed E-state index contributed by atoms with van der Waals surface area (Å²) in [5.41, 5.74) is -0.535. The van der Waals surface area contributed by atoms with Crippen LogP contribution in [0.5, 0.6) is 0 Å². The SMILES string of the molecule is C=CCN(C)C(=O)C1(n2cccn2)CCNCC1. The van der Waals surface area contributed by atoms with Crippen LogP contribution in [0, 0.1) is 0 Å². The molecular weight excluding hydrogens is 228 g/mol. The van der Waals surface area contributed by atoms with Crippen molar-refractivity contribution in [1.29, 1.82) is 0 Å². The van der Waals surface area contributed by atoms with Crippen molar-refractivity contribution in [1.82, 2.24) is 20.0 Å². The second kappa shape index (κ2) is 5.35. The van der Waals surface area contributed by atoms with Crippen LogP contribution in [0.15, 0.2) is 31.1 Å². The molecule has 0 unspecified atom stereocenters. The lowest BCUT2D eigenvalue weighted by Crippen LogP contribution is -2.55. The molecule has 1 amide bonds. The number of carbonyl (C=O) groups is 1. The van der Waals surface area contributed by atoms with Crippen LogP contribution in [0.2, 0.25) is 0 Å². The molecule has 5 heteroatoms. The predicted octanol–water partition coefficient (Wildman–Crippen LogP) is 0.606. The topological polar surface area (TPSA) is 50.2 Å². The van der Waals surface area contributed by atoms with Gasteiger partial charge in [-0.3, -0.25) is 9.48 Å². The maximum atomic E-state index is 12.7. The van der Waals surface area contributed by atoms with Gasteiger partial charge in [-0.05, 0) is 32.0 Å². The Morgan fingerprint density at radius 1 is 1.61 bits per heavy atom. The van der Waals surface area contributed by atoms with Gasteiger partial charge in [-0.1, -0.05) is 6.08 Å². The van der Waals surface area contributed by atoms with Crippen molar-refractivity contribution in [3.63, 3.8) is 0 Å². The molecule has 0 saturated carbocycles. The minimum atomic E-state index is -0.535. The van der Waals surface area contributed by atoms with E-state index in [1.807, 2.05) is 24.0 Å². The number of aromatic nitrogens is 2. The highest BCUT2D eigenvalue weighted by Gasteiger charge is 2.43. The van der Waals surface area contributed by atoms with Crippen molar-refractivity contribution in [3.8, 4) is 0 Å². The van der Waals surface area contributed by atoms with Crippen molar-refractivity contribution >= 4 is 5.91 Å². The summed E-state index contributed by atoms with van der Waals surface area (Å²) in [6.07, 6.45) is 6.90. The number of nitrogens with one attached hydrogen (secondary N) is 1. The summed E-state index contributed by atoms with van der Waals surface area (Å²) < 4.78 is 1.82. The van der Waals surface area contributed by atoms with E-state index in [4.69, 9.17) is 0 Å². The van der Waals surface area contributed by atoms with E-state index in [-0.39, 0.29) is 5.91 Å². The Bertz CT molecular complexity index is 407. The first-order valence-electron chi connectivity index (χ1n) is 6.28. The molecule has 2 rings (SSSR count). The van der Waals surface area contributed by atoms with E-state index in [1.54, 1.807) is 17.2 Å². The molecule has 0 aromatic carbocycles. The first kappa shape index (κ1) is 12.8. The standard InChI is InChI=1S/C13H20N4O/c1-3-10-16(2)12(18)13(5-8-14-9-6-13)17-11-4-7-15-17/h3-4,7,11,14H,1,5-6,8-10H2,2H3. The van der Waals surface area contributed by atoms with Crippen LogP contribution in [-0.4, -0.2) is 47.3 Å². The summed E-state index contributed by atoms with van der Waals surface area (Å²) in [7, 11) is 1.82. The zero-order valence-electron chi connectivity index (χ0n) is 10.8. The highest BCUT2D eigenvalue weighted by Crippen LogP contribution is 2.28. The normalized spacial score (nSPS) is 18.3. The van der Waals surface area contributed by atoms with Crippen LogP contribution in [0.4, 0.5) is 0 Å². The number of rotatable bonds is 4. The summed E-state index contributed by atoms with van der Waals surface area (Å²) in [6, 6.07) is 1.87. The fourth-order valence-electron chi connectivity index (χ4n) is 2.54. The van der Waals surface area contributed by atoms with E-state index >= 15 is 0 Å². The Labute approximate surface area is 107 Å². The van der Waals surface area contributed by atoms with Gasteiger partial charge in [-0.25, -0.2) is 0 Å². The van der Waals surface area contributed by atoms with Crippen LogP contribution >= 0.6 is 0 Å². The first-order chi connectivity index (χ1) is 8.70. The molecule has 0 atom stereocenters. The molecule has 5 nitrogen and oxygen atoms in total. The monoisotopic (exact) mass is 248 g/mol. The van der Waals surface area contributed by atoms with Gasteiger partial charge in [0.2, 0.25) is 0 Å². The minimum absolute atomic E-state index is 0.118. The highest BCUT2D eigenvalue weighted by molar-refractivity contribution is 5.84. The molecule has 1 aliphatic rings. The molecule has 2 heterocycles. The van der Waals surface area contributed by atoms with Gasteiger partial charge in [0.1, 0.15) is 5.54 Å². The third kappa shape index (κ3) is 2.18. The van der Waals surface area contributed by atoms with E-state index in [0.29, 0.717) is 6.54 Å². The van der Waals surface area contributed by atoms with Crippen molar-refractivity contribution in [2.75, 3.05) is 26.7 Å². The van der Waals surface area contributed by atoms with Crippen LogP contribution in [0.3, 0.4) is 0 Å². The van der Waals surface area contributed by atoms with Gasteiger partial charge in [0, 0.05) is 26.0 Å². The molecule has 98 valence electrons. The number of carbonyl (C=O) groups excluding carboxylic acids is 1. The van der Waals surface area contributed by atoms with Gasteiger partial charge >= 0.3 is 0 Å². The zero-order chi connectivity index (χ0) is 13.0. The number of likely N-dealkylation sites (N-methyl/N-ethyl adjacent to an activating group) is 1. The molecular formula is C13H20N4O. The van der Waals surface area contributed by atoms with E-state index in [0.717, 1.165) is 25.9 Å². The van der Waals surface area contributed by atoms with Crippen LogP contribution in [0.25, 0.3) is 0 Å². The molecule has 1 saturated heterocycles. The zero-order valence-corrected chi connectivity index (χ0v) is 10.8. The minimum Gasteiger partial charge on any atom is -0.340 e. The number of piperidine rings is 1. The van der Waals surface area contributed by atoms with Gasteiger partial charge in [0.15, 0.2) is 0 Å². The molecule has 0 aliphatic carbocycles. The van der Waals surface area contributed by atoms with Gasteiger partial charge in [0.25, 0.3) is 5.91 Å². The largest absolute Gasteiger partial charge is 0.340 e. The maximum Gasteiger partial charge on any atom is 0.250 e. The van der Waals surface area contributed by atoms with Crippen LogP contribution in [-0.2, 0) is 10.3 Å². The fourth-order valence-corrected chi connectivity index (χ4v) is 2.54. The first-order valence-corrected chi connectivity index (χ1v) is 6.28. The smallest absolute Gasteiger partial charge is 0.250 e. The number of hydrogen-bond acceptors (Lipinski definition) is 3. The lowest BCUT2D eigenvalue weighted by atomic mass is 9.87. The summed E-state index contributed by atoms with van der Waals surface area (Å²) in [5.74, 6) is 0.118. The molecule has 1 aliphatic heterocycles. The molecule has 1 aromatic heterocycles. The van der Waals surface area contributed by atoms with Gasteiger partial charge in [0.05, 0.1) is 0 Å². The molecule has 0 spiro atoms. The van der Waals surface area contributed by atoms with Crippen molar-refractivity contribution in [3.05, 3.63) is 31.1 Å². The van der Waals surface area contributed by atoms with Gasteiger partial charge in [-0.2, -0.15) is 5.10 Å². The Kier molecular flexibility index (Phi) is 3.81. The van der Waals surface area contributed by atoms with Crippen molar-refractivity contribution < 1.29 is 4.79 Å². The van der Waals surface area contributed by atoms with Crippen LogP contribution in [0.1, 0.15) is 12.8 Å². The summed E-state index contributed by atoms with van der Waals surface area (Å²) in [6.45, 7) is 5.93. The number of nitrogens with zero attached hydrogens (tertiary/aromatic N) is 3. The quantitative estimate of drug-likeness (QED) is 0.794. The number of hydrogen-bond donors (Lipinski definition) is 1. The Morgan fingerprint density at radius 3 is 2.89 bits per heavy atom. The van der Waals surface area contributed by atoms with Gasteiger partial charge in [-0.15, -0.1) is 6.58 Å².